The molecule has 26 heavy (non-hydrogen) atoms. The molecule has 0 aromatic heterocycles. The van der Waals surface area contributed by atoms with E-state index in [2.05, 4.69) is 35.3 Å². The molecule has 1 saturated heterocycles. The van der Waals surface area contributed by atoms with Crippen molar-refractivity contribution >= 4 is 11.6 Å². The lowest BCUT2D eigenvalue weighted by atomic mass is 10.1. The van der Waals surface area contributed by atoms with Crippen LogP contribution in [0.5, 0.6) is 5.75 Å². The Morgan fingerprint density at radius 1 is 1.12 bits per heavy atom. The van der Waals surface area contributed by atoms with Gasteiger partial charge in [0, 0.05) is 6.54 Å². The van der Waals surface area contributed by atoms with E-state index in [1.807, 2.05) is 30.3 Å². The molecule has 2 N–H and O–H groups in total. The molecule has 0 spiro atoms. The van der Waals surface area contributed by atoms with Gasteiger partial charge in [-0.05, 0) is 30.2 Å². The summed E-state index contributed by atoms with van der Waals surface area (Å²) in [4.78, 5) is 16.0. The van der Waals surface area contributed by atoms with Gasteiger partial charge >= 0.3 is 0 Å². The van der Waals surface area contributed by atoms with Gasteiger partial charge in [0.25, 0.3) is 5.91 Å². The highest BCUT2D eigenvalue weighted by atomic mass is 16.5. The number of quaternary nitrogens is 1. The smallest absolute Gasteiger partial charge is 0.275 e. The maximum atomic E-state index is 12.3. The van der Waals surface area contributed by atoms with Crippen molar-refractivity contribution in [2.75, 3.05) is 44.7 Å². The number of anilines is 1. The lowest BCUT2D eigenvalue weighted by Gasteiger charge is -2.34. The third-order valence-corrected chi connectivity index (χ3v) is 5.04. The van der Waals surface area contributed by atoms with Crippen LogP contribution in [-0.4, -0.2) is 45.7 Å². The summed E-state index contributed by atoms with van der Waals surface area (Å²) < 4.78 is 5.46. The van der Waals surface area contributed by atoms with Crippen LogP contribution in [0.15, 0.2) is 48.5 Å². The molecule has 3 rings (SSSR count). The number of nitrogens with zero attached hydrogens (tertiary/aromatic N) is 1. The zero-order valence-corrected chi connectivity index (χ0v) is 15.6. The molecule has 2 aromatic carbocycles. The van der Waals surface area contributed by atoms with Gasteiger partial charge in [0.1, 0.15) is 5.75 Å². The van der Waals surface area contributed by atoms with Crippen molar-refractivity contribution in [1.29, 1.82) is 0 Å². The number of nitrogens with one attached hydrogen (secondary N) is 2. The van der Waals surface area contributed by atoms with Gasteiger partial charge in [-0.3, -0.25) is 4.79 Å². The van der Waals surface area contributed by atoms with Gasteiger partial charge < -0.3 is 19.9 Å². The van der Waals surface area contributed by atoms with Crippen LogP contribution in [0.1, 0.15) is 11.1 Å². The standard InChI is InChI=1S/C21H27N3O2/c1-17-7-3-4-8-18(17)15-22-21(25)16-23-11-13-24(14-12-23)19-9-5-6-10-20(19)26-2/h3-10H,11-16H2,1-2H3,(H,22,25)/p+1. The molecule has 0 radical (unpaired) electrons. The Morgan fingerprint density at radius 3 is 2.54 bits per heavy atom. The van der Waals surface area contributed by atoms with Gasteiger partial charge in [-0.25, -0.2) is 0 Å². The maximum absolute atomic E-state index is 12.3. The van der Waals surface area contributed by atoms with E-state index in [0.717, 1.165) is 37.6 Å². The Morgan fingerprint density at radius 2 is 1.81 bits per heavy atom. The maximum Gasteiger partial charge on any atom is 0.275 e. The first kappa shape index (κ1) is 18.3. The number of para-hydroxylation sites is 2. The van der Waals surface area contributed by atoms with Crippen LogP contribution in [-0.2, 0) is 11.3 Å². The highest BCUT2D eigenvalue weighted by Gasteiger charge is 2.23. The number of piperazine rings is 1. The summed E-state index contributed by atoms with van der Waals surface area (Å²) in [5.74, 6) is 1.03. The van der Waals surface area contributed by atoms with Crippen LogP contribution < -0.4 is 19.9 Å². The second kappa shape index (κ2) is 8.72. The van der Waals surface area contributed by atoms with Gasteiger partial charge in [-0.1, -0.05) is 36.4 Å². The first-order chi connectivity index (χ1) is 12.7. The zero-order valence-electron chi connectivity index (χ0n) is 15.6. The first-order valence-electron chi connectivity index (χ1n) is 9.20. The Bertz CT molecular complexity index is 740. The fraction of sp³-hybridized carbons (Fsp3) is 0.381. The third-order valence-electron chi connectivity index (χ3n) is 5.04. The van der Waals surface area contributed by atoms with Gasteiger partial charge in [-0.15, -0.1) is 0 Å². The van der Waals surface area contributed by atoms with E-state index < -0.39 is 0 Å². The van der Waals surface area contributed by atoms with Crippen molar-refractivity contribution in [3.05, 3.63) is 59.7 Å². The van der Waals surface area contributed by atoms with Crippen molar-refractivity contribution in [2.45, 2.75) is 13.5 Å². The van der Waals surface area contributed by atoms with Crippen molar-refractivity contribution < 1.29 is 14.4 Å². The number of carbonyl (C=O) groups excluding carboxylic acids is 1. The number of methoxy groups -OCH3 is 1. The predicted octanol–water partition coefficient (Wildman–Crippen LogP) is 1.02. The van der Waals surface area contributed by atoms with Gasteiger partial charge in [0.15, 0.2) is 6.54 Å². The molecule has 1 amide bonds. The number of ether oxygens (including phenoxy) is 1. The number of rotatable bonds is 6. The Hall–Kier alpha value is -2.53. The highest BCUT2D eigenvalue weighted by molar-refractivity contribution is 5.76. The molecule has 138 valence electrons. The van der Waals surface area contributed by atoms with Crippen molar-refractivity contribution in [3.8, 4) is 5.75 Å². The zero-order chi connectivity index (χ0) is 18.4. The van der Waals surface area contributed by atoms with E-state index in [-0.39, 0.29) is 5.91 Å². The van der Waals surface area contributed by atoms with Crippen LogP contribution in [0.25, 0.3) is 0 Å². The minimum atomic E-state index is 0.119. The monoisotopic (exact) mass is 354 g/mol. The summed E-state index contributed by atoms with van der Waals surface area (Å²) in [6.07, 6.45) is 0. The molecule has 5 nitrogen and oxygen atoms in total. The van der Waals surface area contributed by atoms with Crippen LogP contribution >= 0.6 is 0 Å². The lowest BCUT2D eigenvalue weighted by Crippen LogP contribution is -3.15. The number of hydrogen-bond donors (Lipinski definition) is 2. The van der Waals surface area contributed by atoms with E-state index in [4.69, 9.17) is 4.74 Å². The minimum absolute atomic E-state index is 0.119. The quantitative estimate of drug-likeness (QED) is 0.814. The molecule has 2 aromatic rings. The topological polar surface area (TPSA) is 46.0 Å². The molecule has 1 aliphatic rings. The largest absolute Gasteiger partial charge is 0.495 e. The molecule has 0 saturated carbocycles. The fourth-order valence-corrected chi connectivity index (χ4v) is 3.42. The van der Waals surface area contributed by atoms with Crippen LogP contribution in [0, 0.1) is 6.92 Å². The number of amides is 1. The molecule has 0 atom stereocenters. The second-order valence-corrected chi connectivity index (χ2v) is 6.79. The molecule has 5 heteroatoms. The molecule has 1 fully saturated rings. The summed E-state index contributed by atoms with van der Waals surface area (Å²) in [6.45, 7) is 6.98. The van der Waals surface area contributed by atoms with Gasteiger partial charge in [0.05, 0.1) is 39.0 Å². The Labute approximate surface area is 155 Å². The van der Waals surface area contributed by atoms with Crippen molar-refractivity contribution in [2.24, 2.45) is 0 Å². The van der Waals surface area contributed by atoms with Gasteiger partial charge in [-0.2, -0.15) is 0 Å². The number of carbonyl (C=O) groups is 1. The van der Waals surface area contributed by atoms with Crippen molar-refractivity contribution in [3.63, 3.8) is 0 Å². The van der Waals surface area contributed by atoms with Gasteiger partial charge in [0.2, 0.25) is 0 Å². The summed E-state index contributed by atoms with van der Waals surface area (Å²) in [5.41, 5.74) is 3.53. The average molecular weight is 354 g/mol. The SMILES string of the molecule is COc1ccccc1N1CC[NH+](CC(=O)NCc2ccccc2C)CC1. The van der Waals surface area contributed by atoms with E-state index in [0.29, 0.717) is 13.1 Å². The van der Waals surface area contributed by atoms with E-state index >= 15 is 0 Å². The Balaban J connectivity index is 1.46. The predicted molar refractivity (Wildman–Crippen MR) is 104 cm³/mol. The number of hydrogen-bond acceptors (Lipinski definition) is 3. The van der Waals surface area contributed by atoms with Crippen molar-refractivity contribution in [1.82, 2.24) is 5.32 Å². The molecule has 1 heterocycles. The highest BCUT2D eigenvalue weighted by Crippen LogP contribution is 2.27. The molecule has 1 aliphatic heterocycles. The summed E-state index contributed by atoms with van der Waals surface area (Å²) >= 11 is 0. The summed E-state index contributed by atoms with van der Waals surface area (Å²) in [5, 5.41) is 3.05. The normalized spacial score (nSPS) is 14.9. The van der Waals surface area contributed by atoms with E-state index in [1.165, 1.54) is 16.0 Å². The van der Waals surface area contributed by atoms with Crippen LogP contribution in [0.2, 0.25) is 0 Å². The first-order valence-corrected chi connectivity index (χ1v) is 9.20. The average Bonchev–Trinajstić information content (AvgIpc) is 2.68. The van der Waals surface area contributed by atoms with Crippen LogP contribution in [0.3, 0.4) is 0 Å². The lowest BCUT2D eigenvalue weighted by molar-refractivity contribution is -0.892. The third kappa shape index (κ3) is 4.55. The molecular weight excluding hydrogens is 326 g/mol. The summed E-state index contributed by atoms with van der Waals surface area (Å²) in [6, 6.07) is 16.3. The second-order valence-electron chi connectivity index (χ2n) is 6.79. The molecular formula is C21H28N3O2+. The van der Waals surface area contributed by atoms with E-state index in [1.54, 1.807) is 7.11 Å². The number of aryl methyl sites for hydroxylation is 1. The number of benzene rings is 2. The molecule has 0 bridgehead atoms. The minimum Gasteiger partial charge on any atom is -0.495 e. The Kier molecular flexibility index (Phi) is 6.12. The van der Waals surface area contributed by atoms with Crippen LogP contribution in [0.4, 0.5) is 5.69 Å². The molecule has 0 aliphatic carbocycles. The summed E-state index contributed by atoms with van der Waals surface area (Å²) in [7, 11) is 1.71. The molecule has 0 unspecified atom stereocenters. The van der Waals surface area contributed by atoms with E-state index in [9.17, 15) is 4.79 Å². The fourth-order valence-electron chi connectivity index (χ4n) is 3.42.